The van der Waals surface area contributed by atoms with E-state index in [-0.39, 0.29) is 12.6 Å². The van der Waals surface area contributed by atoms with Crippen LogP contribution in [0.1, 0.15) is 17.5 Å². The molecule has 0 unspecified atom stereocenters. The molecular formula is C21H23N3O2. The molecule has 0 saturated carbocycles. The molecule has 5 nitrogen and oxygen atoms in total. The van der Waals surface area contributed by atoms with Crippen molar-refractivity contribution in [2.24, 2.45) is 5.92 Å². The van der Waals surface area contributed by atoms with Crippen molar-refractivity contribution in [3.63, 3.8) is 0 Å². The Kier molecular flexibility index (Phi) is 6.10. The molecule has 1 aliphatic rings. The minimum absolute atomic E-state index is 0.0202. The van der Waals surface area contributed by atoms with Crippen molar-refractivity contribution in [3.05, 3.63) is 65.7 Å². The molecule has 0 spiro atoms. The fourth-order valence-corrected chi connectivity index (χ4v) is 3.28. The fourth-order valence-electron chi connectivity index (χ4n) is 3.28. The number of urea groups is 1. The van der Waals surface area contributed by atoms with Crippen LogP contribution in [0, 0.1) is 17.2 Å². The molecule has 0 bridgehead atoms. The number of hydrogen-bond donors (Lipinski definition) is 1. The van der Waals surface area contributed by atoms with Gasteiger partial charge in [-0.1, -0.05) is 42.5 Å². The van der Waals surface area contributed by atoms with Gasteiger partial charge >= 0.3 is 6.03 Å². The minimum Gasteiger partial charge on any atom is -0.479 e. The van der Waals surface area contributed by atoms with Crippen molar-refractivity contribution in [2.45, 2.75) is 19.4 Å². The van der Waals surface area contributed by atoms with Gasteiger partial charge in [-0.15, -0.1) is 0 Å². The third-order valence-electron chi connectivity index (χ3n) is 4.59. The molecule has 1 aliphatic heterocycles. The first-order valence-electron chi connectivity index (χ1n) is 8.90. The van der Waals surface area contributed by atoms with Crippen molar-refractivity contribution in [1.29, 1.82) is 5.26 Å². The molecule has 134 valence electrons. The van der Waals surface area contributed by atoms with Crippen LogP contribution in [0.5, 0.6) is 5.75 Å². The number of nitrogens with zero attached hydrogens (tertiary/aromatic N) is 2. The lowest BCUT2D eigenvalue weighted by molar-refractivity contribution is 0.206. The number of ether oxygens (including phenoxy) is 1. The highest BCUT2D eigenvalue weighted by Gasteiger charge is 2.26. The summed E-state index contributed by atoms with van der Waals surface area (Å²) in [5.74, 6) is 1.16. The van der Waals surface area contributed by atoms with E-state index in [4.69, 9.17) is 10.00 Å². The molecule has 0 radical (unpaired) electrons. The molecule has 2 aromatic carbocycles. The van der Waals surface area contributed by atoms with Gasteiger partial charge in [-0.3, -0.25) is 0 Å². The van der Waals surface area contributed by atoms with E-state index in [1.54, 1.807) is 6.07 Å². The number of carbonyl (C=O) groups excluding carboxylic acids is 1. The lowest BCUT2D eigenvalue weighted by atomic mass is 9.99. The van der Waals surface area contributed by atoms with E-state index in [0.717, 1.165) is 31.5 Å². The zero-order valence-corrected chi connectivity index (χ0v) is 14.7. The Bertz CT molecular complexity index is 770. The first-order chi connectivity index (χ1) is 12.7. The minimum atomic E-state index is -0.0242. The van der Waals surface area contributed by atoms with E-state index in [2.05, 4.69) is 29.6 Å². The Morgan fingerprint density at radius 3 is 2.81 bits per heavy atom. The third-order valence-corrected chi connectivity index (χ3v) is 4.59. The summed E-state index contributed by atoms with van der Waals surface area (Å²) in [5.41, 5.74) is 2.28. The SMILES string of the molecule is N#CCOc1cccc(CNC(=O)N2CC[C@H](Cc3ccccc3)C2)c1. The largest absolute Gasteiger partial charge is 0.479 e. The van der Waals surface area contributed by atoms with Crippen LogP contribution in [0.25, 0.3) is 0 Å². The van der Waals surface area contributed by atoms with Crippen LogP contribution in [-0.2, 0) is 13.0 Å². The number of carbonyl (C=O) groups is 1. The van der Waals surface area contributed by atoms with Gasteiger partial charge in [-0.25, -0.2) is 4.79 Å². The molecule has 1 fully saturated rings. The quantitative estimate of drug-likeness (QED) is 0.870. The molecule has 0 aliphatic carbocycles. The number of rotatable bonds is 6. The summed E-state index contributed by atoms with van der Waals surface area (Å²) in [5, 5.41) is 11.5. The summed E-state index contributed by atoms with van der Waals surface area (Å²) in [4.78, 5) is 14.3. The highest BCUT2D eigenvalue weighted by Crippen LogP contribution is 2.21. The van der Waals surface area contributed by atoms with Crippen molar-refractivity contribution in [2.75, 3.05) is 19.7 Å². The average Bonchev–Trinajstić information content (AvgIpc) is 3.14. The Labute approximate surface area is 154 Å². The predicted octanol–water partition coefficient (Wildman–Crippen LogP) is 3.36. The molecule has 5 heteroatoms. The number of nitriles is 1. The molecule has 2 aromatic rings. The molecule has 0 aromatic heterocycles. The molecule has 1 heterocycles. The Morgan fingerprint density at radius 2 is 2.00 bits per heavy atom. The predicted molar refractivity (Wildman–Crippen MR) is 99.6 cm³/mol. The van der Waals surface area contributed by atoms with Crippen LogP contribution in [0.3, 0.4) is 0 Å². The smallest absolute Gasteiger partial charge is 0.317 e. The van der Waals surface area contributed by atoms with Crippen LogP contribution >= 0.6 is 0 Å². The second-order valence-corrected chi connectivity index (χ2v) is 6.54. The van der Waals surface area contributed by atoms with E-state index in [9.17, 15) is 4.79 Å². The Balaban J connectivity index is 1.46. The molecule has 1 atom stereocenters. The van der Waals surface area contributed by atoms with E-state index in [0.29, 0.717) is 18.2 Å². The summed E-state index contributed by atoms with van der Waals surface area (Å²) in [7, 11) is 0. The van der Waals surface area contributed by atoms with Gasteiger partial charge in [-0.05, 0) is 42.0 Å². The monoisotopic (exact) mass is 349 g/mol. The van der Waals surface area contributed by atoms with Crippen molar-refractivity contribution in [3.8, 4) is 11.8 Å². The van der Waals surface area contributed by atoms with Crippen molar-refractivity contribution in [1.82, 2.24) is 10.2 Å². The first-order valence-corrected chi connectivity index (χ1v) is 8.90. The maximum absolute atomic E-state index is 12.4. The zero-order valence-electron chi connectivity index (χ0n) is 14.7. The summed E-state index contributed by atoms with van der Waals surface area (Å²) in [6.07, 6.45) is 2.06. The summed E-state index contributed by atoms with van der Waals surface area (Å²) in [6, 6.07) is 19.8. The number of hydrogen-bond acceptors (Lipinski definition) is 3. The van der Waals surface area contributed by atoms with Gasteiger partial charge in [0, 0.05) is 19.6 Å². The van der Waals surface area contributed by atoms with Crippen LogP contribution in [0.15, 0.2) is 54.6 Å². The number of nitrogens with one attached hydrogen (secondary N) is 1. The van der Waals surface area contributed by atoms with Gasteiger partial charge in [0.05, 0.1) is 0 Å². The summed E-state index contributed by atoms with van der Waals surface area (Å²) in [6.45, 7) is 2.07. The van der Waals surface area contributed by atoms with E-state index in [1.165, 1.54) is 5.56 Å². The number of benzene rings is 2. The van der Waals surface area contributed by atoms with Crippen LogP contribution in [-0.4, -0.2) is 30.6 Å². The summed E-state index contributed by atoms with van der Waals surface area (Å²) >= 11 is 0. The van der Waals surface area contributed by atoms with Gasteiger partial charge < -0.3 is 15.0 Å². The van der Waals surface area contributed by atoms with Crippen molar-refractivity contribution >= 4 is 6.03 Å². The zero-order chi connectivity index (χ0) is 18.2. The number of likely N-dealkylation sites (tertiary alicyclic amines) is 1. The lowest BCUT2D eigenvalue weighted by Gasteiger charge is -2.18. The molecule has 1 N–H and O–H groups in total. The third kappa shape index (κ3) is 5.00. The highest BCUT2D eigenvalue weighted by molar-refractivity contribution is 5.74. The summed E-state index contributed by atoms with van der Waals surface area (Å²) < 4.78 is 5.29. The molecule has 1 saturated heterocycles. The van der Waals surface area contributed by atoms with Crippen LogP contribution in [0.2, 0.25) is 0 Å². The van der Waals surface area contributed by atoms with E-state index < -0.39 is 0 Å². The van der Waals surface area contributed by atoms with E-state index >= 15 is 0 Å². The van der Waals surface area contributed by atoms with Gasteiger partial charge in [0.2, 0.25) is 0 Å². The Morgan fingerprint density at radius 1 is 1.19 bits per heavy atom. The standard InChI is InChI=1S/C21H23N3O2/c22-10-12-26-20-8-4-7-18(14-20)15-23-21(25)24-11-9-19(16-24)13-17-5-2-1-3-6-17/h1-8,14,19H,9,11-13,15-16H2,(H,23,25)/t19-/m1/s1. The number of amides is 2. The average molecular weight is 349 g/mol. The van der Waals surface area contributed by atoms with Crippen molar-refractivity contribution < 1.29 is 9.53 Å². The second kappa shape index (κ2) is 8.91. The van der Waals surface area contributed by atoms with Gasteiger partial charge in [0.1, 0.15) is 11.8 Å². The molecular weight excluding hydrogens is 326 g/mol. The Hall–Kier alpha value is -3.00. The van der Waals surface area contributed by atoms with Gasteiger partial charge in [-0.2, -0.15) is 5.26 Å². The van der Waals surface area contributed by atoms with E-state index in [1.807, 2.05) is 35.2 Å². The molecule has 2 amide bonds. The lowest BCUT2D eigenvalue weighted by Crippen LogP contribution is -2.38. The molecule has 3 rings (SSSR count). The van der Waals surface area contributed by atoms with Gasteiger partial charge in [0.25, 0.3) is 0 Å². The second-order valence-electron chi connectivity index (χ2n) is 6.54. The topological polar surface area (TPSA) is 65.4 Å². The first kappa shape index (κ1) is 17.8. The maximum atomic E-state index is 12.4. The normalized spacial score (nSPS) is 16.1. The van der Waals surface area contributed by atoms with Crippen LogP contribution in [0.4, 0.5) is 4.79 Å². The highest BCUT2D eigenvalue weighted by atomic mass is 16.5. The fraction of sp³-hybridized carbons (Fsp3) is 0.333. The van der Waals surface area contributed by atoms with Crippen LogP contribution < -0.4 is 10.1 Å². The maximum Gasteiger partial charge on any atom is 0.317 e. The molecule has 26 heavy (non-hydrogen) atoms. The van der Waals surface area contributed by atoms with Gasteiger partial charge in [0.15, 0.2) is 6.61 Å².